The zero-order valence-corrected chi connectivity index (χ0v) is 16.4. The topological polar surface area (TPSA) is 57.8 Å². The molecule has 150 valence electrons. The van der Waals surface area contributed by atoms with Gasteiger partial charge in [-0.2, -0.15) is 0 Å². The Labute approximate surface area is 168 Å². The van der Waals surface area contributed by atoms with Gasteiger partial charge >= 0.3 is 0 Å². The number of H-pyrrole nitrogens is 1. The van der Waals surface area contributed by atoms with E-state index in [1.165, 1.54) is 12.3 Å². The van der Waals surface area contributed by atoms with E-state index < -0.39 is 6.43 Å². The summed E-state index contributed by atoms with van der Waals surface area (Å²) in [5.41, 5.74) is 4.55. The molecule has 3 aromatic rings. The Balaban J connectivity index is 1.90. The number of hydrogen-bond acceptors (Lipinski definition) is 3. The van der Waals surface area contributed by atoms with E-state index in [2.05, 4.69) is 29.1 Å². The summed E-state index contributed by atoms with van der Waals surface area (Å²) >= 11 is 0. The van der Waals surface area contributed by atoms with Crippen molar-refractivity contribution in [3.8, 4) is 11.3 Å². The van der Waals surface area contributed by atoms with E-state index in [4.69, 9.17) is 0 Å². The number of hydrogen-bond donors (Lipinski definition) is 2. The minimum Gasteiger partial charge on any atom is -0.356 e. The van der Waals surface area contributed by atoms with E-state index in [0.717, 1.165) is 41.8 Å². The maximum Gasteiger partial charge on any atom is 0.280 e. The van der Waals surface area contributed by atoms with Crippen molar-refractivity contribution in [2.24, 2.45) is 5.41 Å². The third-order valence-corrected chi connectivity index (χ3v) is 5.42. The molecule has 1 aliphatic rings. The molecule has 1 aliphatic carbocycles. The molecule has 0 radical (unpaired) electrons. The van der Waals surface area contributed by atoms with E-state index in [0.29, 0.717) is 11.3 Å². The van der Waals surface area contributed by atoms with E-state index in [-0.39, 0.29) is 17.0 Å². The Kier molecular flexibility index (Phi) is 4.94. The first-order valence-corrected chi connectivity index (χ1v) is 9.64. The number of anilines is 2. The molecule has 6 heteroatoms. The van der Waals surface area contributed by atoms with Crippen molar-refractivity contribution in [3.05, 3.63) is 65.6 Å². The number of aldehydes is 1. The number of pyridine rings is 1. The van der Waals surface area contributed by atoms with Crippen LogP contribution in [0.15, 0.2) is 48.7 Å². The fraction of sp³-hybridized carbons (Fsp3) is 0.304. The number of rotatable bonds is 5. The van der Waals surface area contributed by atoms with Crippen molar-refractivity contribution in [1.82, 2.24) is 9.97 Å². The average Bonchev–Trinajstić information content (AvgIpc) is 3.05. The minimum absolute atomic E-state index is 0.0307. The Hall–Kier alpha value is -3.02. The van der Waals surface area contributed by atoms with Crippen LogP contribution < -0.4 is 5.32 Å². The summed E-state index contributed by atoms with van der Waals surface area (Å²) in [4.78, 5) is 19.2. The van der Waals surface area contributed by atoms with E-state index in [1.807, 2.05) is 30.3 Å². The summed E-state index contributed by atoms with van der Waals surface area (Å²) in [7, 11) is 0. The predicted molar refractivity (Wildman–Crippen MR) is 110 cm³/mol. The van der Waals surface area contributed by atoms with Crippen LogP contribution in [0.25, 0.3) is 11.3 Å². The van der Waals surface area contributed by atoms with Crippen LogP contribution in [0.4, 0.5) is 20.2 Å². The van der Waals surface area contributed by atoms with Crippen LogP contribution in [0.2, 0.25) is 0 Å². The first-order chi connectivity index (χ1) is 13.9. The summed E-state index contributed by atoms with van der Waals surface area (Å²) in [6.45, 7) is 4.27. The van der Waals surface area contributed by atoms with Crippen molar-refractivity contribution >= 4 is 17.7 Å². The second-order valence-corrected chi connectivity index (χ2v) is 8.32. The number of nitrogens with zero attached hydrogens (tertiary/aromatic N) is 1. The van der Waals surface area contributed by atoms with Gasteiger partial charge in [0.15, 0.2) is 0 Å². The van der Waals surface area contributed by atoms with Crippen LogP contribution in [0, 0.1) is 5.41 Å². The SMILES string of the molecule is CC1(C)Cc2[nH]c(-c3ccnc(C(F)F)c3)c(Nc3ccccc3)c2C(C=O)C1. The smallest absolute Gasteiger partial charge is 0.280 e. The molecule has 0 fully saturated rings. The van der Waals surface area contributed by atoms with Gasteiger partial charge in [0.2, 0.25) is 0 Å². The fourth-order valence-corrected chi connectivity index (χ4v) is 4.21. The van der Waals surface area contributed by atoms with Crippen molar-refractivity contribution in [3.63, 3.8) is 0 Å². The molecule has 0 bridgehead atoms. The lowest BCUT2D eigenvalue weighted by atomic mass is 9.71. The number of para-hydroxylation sites is 1. The van der Waals surface area contributed by atoms with Crippen LogP contribution in [0.3, 0.4) is 0 Å². The number of fused-ring (bicyclic) bond motifs is 1. The van der Waals surface area contributed by atoms with E-state index in [9.17, 15) is 13.6 Å². The first-order valence-electron chi connectivity index (χ1n) is 9.64. The Morgan fingerprint density at radius 2 is 2.00 bits per heavy atom. The first kappa shape index (κ1) is 19.3. The summed E-state index contributed by atoms with van der Waals surface area (Å²) in [6.07, 6.45) is 1.26. The van der Waals surface area contributed by atoms with Gasteiger partial charge in [-0.1, -0.05) is 32.0 Å². The van der Waals surface area contributed by atoms with Gasteiger partial charge in [0.1, 0.15) is 12.0 Å². The summed E-state index contributed by atoms with van der Waals surface area (Å²) in [5.74, 6) is -0.263. The molecule has 2 aromatic heterocycles. The minimum atomic E-state index is -2.65. The highest BCUT2D eigenvalue weighted by Crippen LogP contribution is 2.48. The zero-order chi connectivity index (χ0) is 20.6. The summed E-state index contributed by atoms with van der Waals surface area (Å²) in [6, 6.07) is 12.7. The number of nitrogens with one attached hydrogen (secondary N) is 2. The lowest BCUT2D eigenvalue weighted by Crippen LogP contribution is -2.26. The third kappa shape index (κ3) is 3.79. The van der Waals surface area contributed by atoms with Crippen LogP contribution in [-0.4, -0.2) is 16.3 Å². The number of alkyl halides is 2. The van der Waals surface area contributed by atoms with Crippen LogP contribution in [-0.2, 0) is 11.2 Å². The molecule has 29 heavy (non-hydrogen) atoms. The van der Waals surface area contributed by atoms with E-state index >= 15 is 0 Å². The zero-order valence-electron chi connectivity index (χ0n) is 16.4. The summed E-state index contributed by atoms with van der Waals surface area (Å²) < 4.78 is 26.4. The van der Waals surface area contributed by atoms with Crippen LogP contribution in [0.1, 0.15) is 49.6 Å². The second kappa shape index (κ2) is 7.43. The number of benzene rings is 1. The highest BCUT2D eigenvalue weighted by atomic mass is 19.3. The molecule has 4 nitrogen and oxygen atoms in total. The van der Waals surface area contributed by atoms with Gasteiger partial charge in [0, 0.05) is 34.6 Å². The predicted octanol–water partition coefficient (Wildman–Crippen LogP) is 6.01. The number of carbonyl (C=O) groups excluding carboxylic acids is 1. The van der Waals surface area contributed by atoms with Gasteiger partial charge in [-0.15, -0.1) is 0 Å². The average molecular weight is 395 g/mol. The standard InChI is InChI=1S/C23H23F2N3O/c1-23(2)11-15(13-29)19-18(12-23)28-20(14-8-9-26-17(10-14)22(24)25)21(19)27-16-6-4-3-5-7-16/h3-10,13,15,22,27-28H,11-12H2,1-2H3. The number of carbonyl (C=O) groups is 1. The van der Waals surface area contributed by atoms with Crippen molar-refractivity contribution in [2.75, 3.05) is 5.32 Å². The molecule has 2 heterocycles. The maximum atomic E-state index is 13.2. The molecule has 0 saturated carbocycles. The van der Waals surface area contributed by atoms with Crippen LogP contribution >= 0.6 is 0 Å². The molecule has 0 saturated heterocycles. The van der Waals surface area contributed by atoms with Crippen molar-refractivity contribution in [2.45, 2.75) is 39.0 Å². The highest BCUT2D eigenvalue weighted by Gasteiger charge is 2.36. The van der Waals surface area contributed by atoms with Gasteiger partial charge in [-0.3, -0.25) is 4.98 Å². The van der Waals surface area contributed by atoms with Crippen LogP contribution in [0.5, 0.6) is 0 Å². The van der Waals surface area contributed by atoms with Gasteiger partial charge in [0.25, 0.3) is 6.43 Å². The Morgan fingerprint density at radius 1 is 1.24 bits per heavy atom. The maximum absolute atomic E-state index is 13.2. The summed E-state index contributed by atoms with van der Waals surface area (Å²) in [5, 5.41) is 3.42. The largest absolute Gasteiger partial charge is 0.356 e. The van der Waals surface area contributed by atoms with Crippen molar-refractivity contribution in [1.29, 1.82) is 0 Å². The van der Waals surface area contributed by atoms with E-state index in [1.54, 1.807) is 6.07 Å². The Morgan fingerprint density at radius 3 is 2.69 bits per heavy atom. The molecule has 0 amide bonds. The molecule has 0 aliphatic heterocycles. The van der Waals surface area contributed by atoms with Gasteiger partial charge in [0.05, 0.1) is 11.4 Å². The molecule has 1 unspecified atom stereocenters. The number of aromatic amines is 1. The monoisotopic (exact) mass is 395 g/mol. The molecule has 1 atom stereocenters. The molecule has 4 rings (SSSR count). The lowest BCUT2D eigenvalue weighted by molar-refractivity contribution is -0.109. The van der Waals surface area contributed by atoms with Crippen molar-refractivity contribution < 1.29 is 13.6 Å². The second-order valence-electron chi connectivity index (χ2n) is 8.32. The van der Waals surface area contributed by atoms with Gasteiger partial charge in [-0.05, 0) is 42.5 Å². The lowest BCUT2D eigenvalue weighted by Gasteiger charge is -2.33. The molecular weight excluding hydrogens is 372 g/mol. The molecule has 0 spiro atoms. The number of halogens is 2. The number of aromatic nitrogens is 2. The Bertz CT molecular complexity index is 1030. The molecule has 2 N–H and O–H groups in total. The fourth-order valence-electron chi connectivity index (χ4n) is 4.21. The van der Waals surface area contributed by atoms with Gasteiger partial charge < -0.3 is 15.1 Å². The molecule has 1 aromatic carbocycles. The van der Waals surface area contributed by atoms with Gasteiger partial charge in [-0.25, -0.2) is 8.78 Å². The quantitative estimate of drug-likeness (QED) is 0.520. The molecular formula is C23H23F2N3O. The highest BCUT2D eigenvalue weighted by molar-refractivity contribution is 5.86. The normalized spacial score (nSPS) is 17.8. The third-order valence-electron chi connectivity index (χ3n) is 5.42.